The predicted octanol–water partition coefficient (Wildman–Crippen LogP) is 1.14. The molecule has 0 spiro atoms. The number of nitrogen functional groups attached to an aromatic ring is 1. The molecule has 1 fully saturated rings. The largest absolute Gasteiger partial charge is 0.351 e. The van der Waals surface area contributed by atoms with Gasteiger partial charge in [-0.3, -0.25) is 4.79 Å². The first-order valence-corrected chi connectivity index (χ1v) is 7.60. The second kappa shape index (κ2) is 7.38. The van der Waals surface area contributed by atoms with Crippen molar-refractivity contribution in [1.82, 2.24) is 15.2 Å². The lowest BCUT2D eigenvalue weighted by Gasteiger charge is -2.16. The van der Waals surface area contributed by atoms with Crippen molar-refractivity contribution in [3.05, 3.63) is 23.4 Å². The normalized spacial score (nSPS) is 14.3. The number of hydrogen-bond donors (Lipinski definition) is 3. The lowest BCUT2D eigenvalue weighted by Crippen LogP contribution is -2.34. The Morgan fingerprint density at radius 3 is 2.86 bits per heavy atom. The lowest BCUT2D eigenvalue weighted by molar-refractivity contribution is 0.0949. The maximum atomic E-state index is 12.2. The highest BCUT2D eigenvalue weighted by Gasteiger charge is 2.25. The number of hydrogen-bond acceptors (Lipinski definition) is 5. The fourth-order valence-corrected chi connectivity index (χ4v) is 2.32. The van der Waals surface area contributed by atoms with Gasteiger partial charge in [0.2, 0.25) is 0 Å². The van der Waals surface area contributed by atoms with E-state index in [1.807, 2.05) is 6.07 Å². The maximum absolute atomic E-state index is 12.2. The van der Waals surface area contributed by atoms with E-state index in [0.717, 1.165) is 25.1 Å². The molecule has 6 heteroatoms. The molecule has 1 heterocycles. The number of aromatic nitrogens is 1. The van der Waals surface area contributed by atoms with E-state index in [9.17, 15) is 4.79 Å². The van der Waals surface area contributed by atoms with Crippen molar-refractivity contribution in [1.29, 1.82) is 0 Å². The Bertz CT molecular complexity index is 487. The molecule has 0 bridgehead atoms. The Labute approximate surface area is 126 Å². The minimum atomic E-state index is -0.0737. The van der Waals surface area contributed by atoms with Crippen molar-refractivity contribution in [2.24, 2.45) is 5.84 Å². The Morgan fingerprint density at radius 2 is 2.24 bits per heavy atom. The predicted molar refractivity (Wildman–Crippen MR) is 84.0 cm³/mol. The minimum absolute atomic E-state index is 0.0737. The number of nitrogens with one attached hydrogen (secondary N) is 2. The third-order valence-electron chi connectivity index (χ3n) is 3.71. The fourth-order valence-electron chi connectivity index (χ4n) is 2.32. The van der Waals surface area contributed by atoms with Gasteiger partial charge in [0, 0.05) is 30.4 Å². The molecule has 116 valence electrons. The third-order valence-corrected chi connectivity index (χ3v) is 3.71. The van der Waals surface area contributed by atoms with Gasteiger partial charge >= 0.3 is 0 Å². The molecule has 4 N–H and O–H groups in total. The van der Waals surface area contributed by atoms with Gasteiger partial charge in [-0.25, -0.2) is 10.8 Å². The third kappa shape index (κ3) is 4.68. The summed E-state index contributed by atoms with van der Waals surface area (Å²) >= 11 is 0. The Kier molecular flexibility index (Phi) is 5.52. The number of anilines is 1. The molecular weight excluding hydrogens is 266 g/mol. The van der Waals surface area contributed by atoms with Gasteiger partial charge in [0.15, 0.2) is 0 Å². The van der Waals surface area contributed by atoms with E-state index in [1.165, 1.54) is 12.8 Å². The van der Waals surface area contributed by atoms with Crippen LogP contribution in [0.15, 0.2) is 12.1 Å². The molecule has 0 atom stereocenters. The molecule has 0 aromatic carbocycles. The first-order valence-electron chi connectivity index (χ1n) is 7.60. The average molecular weight is 291 g/mol. The molecule has 1 aliphatic carbocycles. The summed E-state index contributed by atoms with van der Waals surface area (Å²) < 4.78 is 0. The maximum Gasteiger partial charge on any atom is 0.251 e. The average Bonchev–Trinajstić information content (AvgIpc) is 3.31. The van der Waals surface area contributed by atoms with Crippen LogP contribution in [0.1, 0.15) is 42.2 Å². The van der Waals surface area contributed by atoms with Gasteiger partial charge in [-0.2, -0.15) is 0 Å². The quantitative estimate of drug-likeness (QED) is 0.494. The van der Waals surface area contributed by atoms with Crippen LogP contribution >= 0.6 is 0 Å². The van der Waals surface area contributed by atoms with Crippen LogP contribution < -0.4 is 16.6 Å². The number of pyridine rings is 1. The molecule has 1 aromatic rings. The summed E-state index contributed by atoms with van der Waals surface area (Å²) in [5.41, 5.74) is 4.01. The number of nitrogens with two attached hydrogens (primary N) is 1. The summed E-state index contributed by atoms with van der Waals surface area (Å²) in [6, 6.07) is 4.23. The number of rotatable bonds is 8. The van der Waals surface area contributed by atoms with Crippen molar-refractivity contribution in [2.75, 3.05) is 25.6 Å². The number of amides is 1. The second-order valence-electron chi connectivity index (χ2n) is 5.59. The van der Waals surface area contributed by atoms with Gasteiger partial charge in [-0.05, 0) is 38.4 Å². The monoisotopic (exact) mass is 291 g/mol. The van der Waals surface area contributed by atoms with Gasteiger partial charge < -0.3 is 15.6 Å². The molecule has 1 amide bonds. The van der Waals surface area contributed by atoms with Crippen molar-refractivity contribution in [2.45, 2.75) is 38.6 Å². The van der Waals surface area contributed by atoms with Crippen molar-refractivity contribution >= 4 is 11.7 Å². The van der Waals surface area contributed by atoms with Gasteiger partial charge in [0.25, 0.3) is 5.91 Å². The number of likely N-dealkylation sites (N-methyl/N-ethyl adjacent to an activating group) is 1. The molecule has 21 heavy (non-hydrogen) atoms. The summed E-state index contributed by atoms with van der Waals surface area (Å²) in [5, 5.41) is 2.96. The molecule has 0 unspecified atom stereocenters. The van der Waals surface area contributed by atoms with Crippen LogP contribution in [0.4, 0.5) is 5.82 Å². The topological polar surface area (TPSA) is 83.3 Å². The molecule has 1 saturated carbocycles. The molecule has 0 radical (unpaired) electrons. The number of carbonyl (C=O) groups excluding carboxylic acids is 1. The first-order chi connectivity index (χ1) is 10.1. The van der Waals surface area contributed by atoms with Crippen LogP contribution in [0.25, 0.3) is 0 Å². The number of nitrogens with zero attached hydrogens (tertiary/aromatic N) is 2. The van der Waals surface area contributed by atoms with E-state index in [0.29, 0.717) is 24.0 Å². The van der Waals surface area contributed by atoms with E-state index in [1.54, 1.807) is 6.07 Å². The highest BCUT2D eigenvalue weighted by molar-refractivity contribution is 5.95. The smallest absolute Gasteiger partial charge is 0.251 e. The Morgan fingerprint density at radius 1 is 1.48 bits per heavy atom. The molecule has 6 nitrogen and oxygen atoms in total. The second-order valence-corrected chi connectivity index (χ2v) is 5.59. The van der Waals surface area contributed by atoms with E-state index >= 15 is 0 Å². The lowest BCUT2D eigenvalue weighted by atomic mass is 10.1. The zero-order valence-electron chi connectivity index (χ0n) is 12.9. The minimum Gasteiger partial charge on any atom is -0.351 e. The SMILES string of the molecule is CCCc1cc(C(=O)NCCN(C)C2CC2)cc(NN)n1. The summed E-state index contributed by atoms with van der Waals surface area (Å²) in [6.07, 6.45) is 4.37. The van der Waals surface area contributed by atoms with E-state index in [2.05, 4.69) is 34.6 Å². The first kappa shape index (κ1) is 15.7. The standard InChI is InChI=1S/C15H25N5O/c1-3-4-12-9-11(10-14(18-12)19-16)15(21)17-7-8-20(2)13-5-6-13/h9-10,13H,3-8,16H2,1-2H3,(H,17,21)(H,18,19). The van der Waals surface area contributed by atoms with Crippen LogP contribution in [0.2, 0.25) is 0 Å². The van der Waals surface area contributed by atoms with Crippen LogP contribution in [-0.2, 0) is 6.42 Å². The van der Waals surface area contributed by atoms with Crippen molar-refractivity contribution in [3.8, 4) is 0 Å². The highest BCUT2D eigenvalue weighted by atomic mass is 16.1. The van der Waals surface area contributed by atoms with Crippen molar-refractivity contribution < 1.29 is 4.79 Å². The number of carbonyl (C=O) groups is 1. The number of hydrazine groups is 1. The summed E-state index contributed by atoms with van der Waals surface area (Å²) in [4.78, 5) is 18.8. The molecule has 0 aliphatic heterocycles. The van der Waals surface area contributed by atoms with E-state index < -0.39 is 0 Å². The Balaban J connectivity index is 1.92. The summed E-state index contributed by atoms with van der Waals surface area (Å²) in [6.45, 7) is 3.62. The van der Waals surface area contributed by atoms with Gasteiger partial charge in [-0.15, -0.1) is 0 Å². The zero-order chi connectivity index (χ0) is 15.2. The van der Waals surface area contributed by atoms with Gasteiger partial charge in [0.05, 0.1) is 0 Å². The van der Waals surface area contributed by atoms with Crippen LogP contribution in [0, 0.1) is 0 Å². The number of aryl methyl sites for hydroxylation is 1. The Hall–Kier alpha value is -1.66. The summed E-state index contributed by atoms with van der Waals surface area (Å²) in [7, 11) is 2.10. The molecule has 1 aromatic heterocycles. The van der Waals surface area contributed by atoms with E-state index in [4.69, 9.17) is 5.84 Å². The summed E-state index contributed by atoms with van der Waals surface area (Å²) in [5.74, 6) is 5.87. The van der Waals surface area contributed by atoms with Gasteiger partial charge in [-0.1, -0.05) is 13.3 Å². The van der Waals surface area contributed by atoms with Crippen LogP contribution in [-0.4, -0.2) is 42.0 Å². The molecular formula is C15H25N5O. The van der Waals surface area contributed by atoms with Crippen molar-refractivity contribution in [3.63, 3.8) is 0 Å². The molecule has 2 rings (SSSR count). The van der Waals surface area contributed by atoms with E-state index in [-0.39, 0.29) is 5.91 Å². The molecule has 0 saturated heterocycles. The zero-order valence-corrected chi connectivity index (χ0v) is 12.9. The van der Waals surface area contributed by atoms with Crippen LogP contribution in [0.5, 0.6) is 0 Å². The van der Waals surface area contributed by atoms with Gasteiger partial charge in [0.1, 0.15) is 5.82 Å². The highest BCUT2D eigenvalue weighted by Crippen LogP contribution is 2.24. The molecule has 1 aliphatic rings. The van der Waals surface area contributed by atoms with Crippen LogP contribution in [0.3, 0.4) is 0 Å². The fraction of sp³-hybridized carbons (Fsp3) is 0.600.